The first-order valence-electron chi connectivity index (χ1n) is 5.74. The molecule has 0 aliphatic carbocycles. The minimum atomic E-state index is -0.0548. The molecule has 1 aliphatic heterocycles. The number of carbonyl (C=O) groups excluding carboxylic acids is 1. The Labute approximate surface area is 109 Å². The molecule has 0 aromatic carbocycles. The van der Waals surface area contributed by atoms with Crippen molar-refractivity contribution in [3.8, 4) is 0 Å². The number of nitrogens with zero attached hydrogens (tertiary/aromatic N) is 1. The van der Waals surface area contributed by atoms with Crippen molar-refractivity contribution in [1.29, 1.82) is 0 Å². The maximum Gasteiger partial charge on any atom is 0.231 e. The number of halogens is 1. The molecule has 1 saturated heterocycles. The number of hydrogen-bond acceptors (Lipinski definition) is 3. The minimum absolute atomic E-state index is 0.0000463. The number of nitrogens with one attached hydrogen (secondary N) is 1. The fourth-order valence-electron chi connectivity index (χ4n) is 2.04. The molecule has 0 bridgehead atoms. The lowest BCUT2D eigenvalue weighted by atomic mass is 9.99. The zero-order valence-corrected chi connectivity index (χ0v) is 11.2. The molecule has 1 fully saturated rings. The van der Waals surface area contributed by atoms with E-state index in [-0.39, 0.29) is 17.9 Å². The van der Waals surface area contributed by atoms with E-state index in [9.17, 15) is 4.79 Å². The smallest absolute Gasteiger partial charge is 0.231 e. The second-order valence-corrected chi connectivity index (χ2v) is 4.98. The molecular weight excluding hydrogens is 284 g/mol. The van der Waals surface area contributed by atoms with E-state index in [0.29, 0.717) is 12.4 Å². The molecule has 5 heteroatoms. The zero-order chi connectivity index (χ0) is 12.3. The molecule has 2 heterocycles. The van der Waals surface area contributed by atoms with E-state index in [2.05, 4.69) is 26.2 Å². The average Bonchev–Trinajstić information content (AvgIpc) is 2.77. The Bertz CT molecular complexity index is 411. The van der Waals surface area contributed by atoms with E-state index >= 15 is 0 Å². The lowest BCUT2D eigenvalue weighted by Crippen LogP contribution is -2.29. The Kier molecular flexibility index (Phi) is 4.12. The van der Waals surface area contributed by atoms with Crippen LogP contribution in [-0.4, -0.2) is 23.6 Å². The van der Waals surface area contributed by atoms with Gasteiger partial charge in [0.25, 0.3) is 0 Å². The SMILES string of the molecule is CCC1OCCC1C(=O)Nc1cc(Br)ccn1. The topological polar surface area (TPSA) is 51.2 Å². The van der Waals surface area contributed by atoms with Crippen molar-refractivity contribution < 1.29 is 9.53 Å². The molecule has 92 valence electrons. The summed E-state index contributed by atoms with van der Waals surface area (Å²) in [5, 5.41) is 2.83. The monoisotopic (exact) mass is 298 g/mol. The lowest BCUT2D eigenvalue weighted by Gasteiger charge is -2.16. The Balaban J connectivity index is 2.01. The highest BCUT2D eigenvalue weighted by atomic mass is 79.9. The molecule has 1 amide bonds. The van der Waals surface area contributed by atoms with Gasteiger partial charge in [0.2, 0.25) is 5.91 Å². The summed E-state index contributed by atoms with van der Waals surface area (Å²) >= 11 is 3.35. The van der Waals surface area contributed by atoms with Crippen LogP contribution in [0.15, 0.2) is 22.8 Å². The molecule has 2 atom stereocenters. The highest BCUT2D eigenvalue weighted by molar-refractivity contribution is 9.10. The van der Waals surface area contributed by atoms with E-state index in [1.54, 1.807) is 12.3 Å². The van der Waals surface area contributed by atoms with Gasteiger partial charge in [0.1, 0.15) is 5.82 Å². The molecule has 1 aliphatic rings. The van der Waals surface area contributed by atoms with E-state index in [0.717, 1.165) is 17.3 Å². The zero-order valence-electron chi connectivity index (χ0n) is 9.65. The molecule has 2 unspecified atom stereocenters. The molecular formula is C12H15BrN2O2. The summed E-state index contributed by atoms with van der Waals surface area (Å²) in [5.41, 5.74) is 0. The third-order valence-electron chi connectivity index (χ3n) is 2.92. The van der Waals surface area contributed by atoms with Gasteiger partial charge >= 0.3 is 0 Å². The summed E-state index contributed by atoms with van der Waals surface area (Å²) in [7, 11) is 0. The first-order chi connectivity index (χ1) is 8.20. The third-order valence-corrected chi connectivity index (χ3v) is 3.42. The van der Waals surface area contributed by atoms with Crippen LogP contribution in [0.2, 0.25) is 0 Å². The first-order valence-corrected chi connectivity index (χ1v) is 6.54. The Morgan fingerprint density at radius 3 is 3.24 bits per heavy atom. The normalized spacial score (nSPS) is 23.6. The number of aromatic nitrogens is 1. The van der Waals surface area contributed by atoms with Gasteiger partial charge in [-0.25, -0.2) is 4.98 Å². The summed E-state index contributed by atoms with van der Waals surface area (Å²) in [4.78, 5) is 16.1. The van der Waals surface area contributed by atoms with Crippen LogP contribution in [0.1, 0.15) is 19.8 Å². The Morgan fingerprint density at radius 2 is 2.53 bits per heavy atom. The minimum Gasteiger partial charge on any atom is -0.377 e. The summed E-state index contributed by atoms with van der Waals surface area (Å²) < 4.78 is 6.41. The summed E-state index contributed by atoms with van der Waals surface area (Å²) in [6.45, 7) is 2.70. The van der Waals surface area contributed by atoms with Gasteiger partial charge in [-0.1, -0.05) is 22.9 Å². The van der Waals surface area contributed by atoms with Crippen molar-refractivity contribution in [2.75, 3.05) is 11.9 Å². The van der Waals surface area contributed by atoms with Crippen LogP contribution in [0.25, 0.3) is 0 Å². The molecule has 1 aromatic heterocycles. The van der Waals surface area contributed by atoms with E-state index in [1.165, 1.54) is 0 Å². The van der Waals surface area contributed by atoms with Crippen molar-refractivity contribution in [3.05, 3.63) is 22.8 Å². The van der Waals surface area contributed by atoms with E-state index < -0.39 is 0 Å². The molecule has 4 nitrogen and oxygen atoms in total. The number of carbonyl (C=O) groups is 1. The molecule has 17 heavy (non-hydrogen) atoms. The van der Waals surface area contributed by atoms with Gasteiger partial charge in [0.05, 0.1) is 12.0 Å². The first kappa shape index (κ1) is 12.5. The van der Waals surface area contributed by atoms with Crippen LogP contribution < -0.4 is 5.32 Å². The summed E-state index contributed by atoms with van der Waals surface area (Å²) in [6.07, 6.45) is 3.35. The second kappa shape index (κ2) is 5.60. The van der Waals surface area contributed by atoms with E-state index in [4.69, 9.17) is 4.74 Å². The van der Waals surface area contributed by atoms with Crippen LogP contribution in [-0.2, 0) is 9.53 Å². The van der Waals surface area contributed by atoms with Gasteiger partial charge in [0, 0.05) is 17.3 Å². The van der Waals surface area contributed by atoms with Crippen LogP contribution in [0.3, 0.4) is 0 Å². The Hall–Kier alpha value is -0.940. The number of anilines is 1. The highest BCUT2D eigenvalue weighted by Crippen LogP contribution is 2.24. The summed E-state index contributed by atoms with van der Waals surface area (Å²) in [6, 6.07) is 3.61. The largest absolute Gasteiger partial charge is 0.377 e. The van der Waals surface area contributed by atoms with Gasteiger partial charge in [-0.15, -0.1) is 0 Å². The number of amides is 1. The quantitative estimate of drug-likeness (QED) is 0.933. The number of ether oxygens (including phenoxy) is 1. The second-order valence-electron chi connectivity index (χ2n) is 4.06. The number of rotatable bonds is 3. The molecule has 0 radical (unpaired) electrons. The van der Waals surface area contributed by atoms with Crippen molar-refractivity contribution in [2.45, 2.75) is 25.9 Å². The molecule has 1 N–H and O–H groups in total. The Morgan fingerprint density at radius 1 is 1.71 bits per heavy atom. The summed E-state index contributed by atoms with van der Waals surface area (Å²) in [5.74, 6) is 0.520. The number of pyridine rings is 1. The fourth-order valence-corrected chi connectivity index (χ4v) is 2.38. The van der Waals surface area contributed by atoms with E-state index in [1.807, 2.05) is 13.0 Å². The van der Waals surface area contributed by atoms with Crippen molar-refractivity contribution in [3.63, 3.8) is 0 Å². The molecule has 0 spiro atoms. The van der Waals surface area contributed by atoms with Gasteiger partial charge in [0.15, 0.2) is 0 Å². The van der Waals surface area contributed by atoms with Crippen LogP contribution in [0.4, 0.5) is 5.82 Å². The highest BCUT2D eigenvalue weighted by Gasteiger charge is 2.32. The van der Waals surface area contributed by atoms with Gasteiger partial charge < -0.3 is 10.1 Å². The van der Waals surface area contributed by atoms with Gasteiger partial charge in [-0.3, -0.25) is 4.79 Å². The standard InChI is InChI=1S/C12H15BrN2O2/c1-2-10-9(4-6-17-10)12(16)15-11-7-8(13)3-5-14-11/h3,5,7,9-10H,2,4,6H2,1H3,(H,14,15,16). The predicted molar refractivity (Wildman–Crippen MR) is 68.7 cm³/mol. The molecule has 0 saturated carbocycles. The van der Waals surface area contributed by atoms with Crippen LogP contribution in [0.5, 0.6) is 0 Å². The average molecular weight is 299 g/mol. The van der Waals surface area contributed by atoms with Crippen molar-refractivity contribution >= 4 is 27.7 Å². The lowest BCUT2D eigenvalue weighted by molar-refractivity contribution is -0.121. The van der Waals surface area contributed by atoms with Crippen LogP contribution >= 0.6 is 15.9 Å². The number of hydrogen-bond donors (Lipinski definition) is 1. The molecule has 1 aromatic rings. The third kappa shape index (κ3) is 3.04. The van der Waals surface area contributed by atoms with Crippen molar-refractivity contribution in [2.24, 2.45) is 5.92 Å². The molecule has 2 rings (SSSR count). The van der Waals surface area contributed by atoms with Gasteiger partial charge in [-0.05, 0) is 25.0 Å². The maximum atomic E-state index is 12.0. The van der Waals surface area contributed by atoms with Gasteiger partial charge in [-0.2, -0.15) is 0 Å². The maximum absolute atomic E-state index is 12.0. The predicted octanol–water partition coefficient (Wildman–Crippen LogP) is 2.60. The fraction of sp³-hybridized carbons (Fsp3) is 0.500. The van der Waals surface area contributed by atoms with Crippen LogP contribution in [0, 0.1) is 5.92 Å². The van der Waals surface area contributed by atoms with Crippen molar-refractivity contribution in [1.82, 2.24) is 4.98 Å².